The molecule has 0 aromatic carbocycles. The van der Waals surface area contributed by atoms with Gasteiger partial charge < -0.3 is 14.6 Å². The fourth-order valence-electron chi connectivity index (χ4n) is 2.87. The molecule has 1 fully saturated rings. The number of hydrogen-bond donors (Lipinski definition) is 1. The van der Waals surface area contributed by atoms with Gasteiger partial charge in [0.25, 0.3) is 0 Å². The zero-order chi connectivity index (χ0) is 14.4. The van der Waals surface area contributed by atoms with E-state index in [1.165, 1.54) is 12.8 Å². The van der Waals surface area contributed by atoms with E-state index < -0.39 is 0 Å². The second-order valence-electron chi connectivity index (χ2n) is 5.98. The highest BCUT2D eigenvalue weighted by Gasteiger charge is 2.25. The molecule has 120 valence electrons. The predicted molar refractivity (Wildman–Crippen MR) is 98.1 cm³/mol. The van der Waals surface area contributed by atoms with E-state index in [2.05, 4.69) is 36.0 Å². The Bertz CT molecular complexity index is 417. The van der Waals surface area contributed by atoms with Crippen molar-refractivity contribution in [1.82, 2.24) is 10.2 Å². The number of aliphatic imine (C=N–C) groups is 1. The van der Waals surface area contributed by atoms with Crippen molar-refractivity contribution in [2.24, 2.45) is 16.8 Å². The number of likely N-dealkylation sites (tertiary alicyclic amines) is 1. The van der Waals surface area contributed by atoms with E-state index in [1.807, 2.05) is 12.1 Å². The molecule has 2 rings (SSSR count). The third kappa shape index (κ3) is 5.88. The summed E-state index contributed by atoms with van der Waals surface area (Å²) in [5, 5.41) is 3.40. The summed E-state index contributed by atoms with van der Waals surface area (Å²) < 4.78 is 5.35. The standard InChI is InChI=1S/C16H27N3O.HI/c1-4-17-16(18-11-15-6-5-9-20-15)19-8-7-14(12-19)10-13(2)3;/h5-6,9,13-14H,4,7-8,10-12H2,1-3H3,(H,17,18);1H. The molecule has 0 saturated carbocycles. The third-order valence-corrected chi connectivity index (χ3v) is 3.69. The maximum Gasteiger partial charge on any atom is 0.194 e. The Labute approximate surface area is 145 Å². The van der Waals surface area contributed by atoms with Crippen LogP contribution in [0.25, 0.3) is 0 Å². The van der Waals surface area contributed by atoms with Gasteiger partial charge in [0, 0.05) is 19.6 Å². The van der Waals surface area contributed by atoms with Gasteiger partial charge in [0.05, 0.1) is 6.26 Å². The first kappa shape index (κ1) is 18.3. The van der Waals surface area contributed by atoms with Gasteiger partial charge >= 0.3 is 0 Å². The zero-order valence-corrected chi connectivity index (χ0v) is 15.7. The monoisotopic (exact) mass is 405 g/mol. The number of furan rings is 1. The van der Waals surface area contributed by atoms with Crippen LogP contribution < -0.4 is 5.32 Å². The third-order valence-electron chi connectivity index (χ3n) is 3.69. The largest absolute Gasteiger partial charge is 0.467 e. The molecule has 1 N–H and O–H groups in total. The molecule has 21 heavy (non-hydrogen) atoms. The van der Waals surface area contributed by atoms with Crippen molar-refractivity contribution in [3.8, 4) is 0 Å². The van der Waals surface area contributed by atoms with Crippen molar-refractivity contribution >= 4 is 29.9 Å². The van der Waals surface area contributed by atoms with Crippen molar-refractivity contribution in [2.45, 2.75) is 40.2 Å². The number of rotatable bonds is 5. The summed E-state index contributed by atoms with van der Waals surface area (Å²) in [7, 11) is 0. The highest BCUT2D eigenvalue weighted by Crippen LogP contribution is 2.23. The Morgan fingerprint density at radius 2 is 2.33 bits per heavy atom. The van der Waals surface area contributed by atoms with Crippen LogP contribution in [0.3, 0.4) is 0 Å². The van der Waals surface area contributed by atoms with Crippen molar-refractivity contribution in [1.29, 1.82) is 0 Å². The fourth-order valence-corrected chi connectivity index (χ4v) is 2.87. The summed E-state index contributed by atoms with van der Waals surface area (Å²) in [4.78, 5) is 7.08. The van der Waals surface area contributed by atoms with Crippen molar-refractivity contribution in [3.63, 3.8) is 0 Å². The predicted octanol–water partition coefficient (Wildman–Crippen LogP) is 3.73. The molecule has 1 atom stereocenters. The Morgan fingerprint density at radius 1 is 1.52 bits per heavy atom. The molecule has 5 heteroatoms. The molecule has 0 amide bonds. The average Bonchev–Trinajstić information content (AvgIpc) is 3.05. The molecular formula is C16H28IN3O. The van der Waals surface area contributed by atoms with Gasteiger partial charge in [0.1, 0.15) is 12.3 Å². The minimum Gasteiger partial charge on any atom is -0.467 e. The average molecular weight is 405 g/mol. The second-order valence-corrected chi connectivity index (χ2v) is 5.98. The maximum absolute atomic E-state index is 5.35. The lowest BCUT2D eigenvalue weighted by Crippen LogP contribution is -2.40. The van der Waals surface area contributed by atoms with Crippen LogP contribution in [0.15, 0.2) is 27.8 Å². The fraction of sp³-hybridized carbons (Fsp3) is 0.688. The van der Waals surface area contributed by atoms with Crippen LogP contribution >= 0.6 is 24.0 Å². The maximum atomic E-state index is 5.35. The van der Waals surface area contributed by atoms with Crippen LogP contribution in [0.1, 0.15) is 39.4 Å². The SMILES string of the molecule is CCNC(=NCc1ccco1)N1CCC(CC(C)C)C1.I. The first-order valence-corrected chi connectivity index (χ1v) is 7.74. The number of nitrogens with zero attached hydrogens (tertiary/aromatic N) is 2. The molecular weight excluding hydrogens is 377 g/mol. The normalized spacial score (nSPS) is 19.0. The molecule has 1 saturated heterocycles. The van der Waals surface area contributed by atoms with E-state index in [0.717, 1.165) is 43.2 Å². The van der Waals surface area contributed by atoms with E-state index in [-0.39, 0.29) is 24.0 Å². The van der Waals surface area contributed by atoms with E-state index in [1.54, 1.807) is 6.26 Å². The molecule has 1 unspecified atom stereocenters. The summed E-state index contributed by atoms with van der Waals surface area (Å²) in [5.74, 6) is 3.53. The summed E-state index contributed by atoms with van der Waals surface area (Å²) in [6.45, 7) is 10.5. The number of hydrogen-bond acceptors (Lipinski definition) is 2. The van der Waals surface area contributed by atoms with Gasteiger partial charge in [-0.3, -0.25) is 0 Å². The second kappa shape index (κ2) is 9.33. The highest BCUT2D eigenvalue weighted by molar-refractivity contribution is 14.0. The van der Waals surface area contributed by atoms with Gasteiger partial charge in [0.2, 0.25) is 0 Å². The topological polar surface area (TPSA) is 40.8 Å². The van der Waals surface area contributed by atoms with Crippen LogP contribution in [0.2, 0.25) is 0 Å². The number of nitrogens with one attached hydrogen (secondary N) is 1. The lowest BCUT2D eigenvalue weighted by Gasteiger charge is -2.22. The molecule has 0 radical (unpaired) electrons. The molecule has 0 spiro atoms. The van der Waals surface area contributed by atoms with Gasteiger partial charge in [-0.1, -0.05) is 13.8 Å². The molecule has 0 bridgehead atoms. The quantitative estimate of drug-likeness (QED) is 0.461. The number of halogens is 1. The van der Waals surface area contributed by atoms with E-state index in [0.29, 0.717) is 6.54 Å². The Kier molecular flexibility index (Phi) is 8.14. The van der Waals surface area contributed by atoms with Crippen LogP contribution in [-0.4, -0.2) is 30.5 Å². The van der Waals surface area contributed by atoms with Crippen LogP contribution in [-0.2, 0) is 6.54 Å². The zero-order valence-electron chi connectivity index (χ0n) is 13.3. The van der Waals surface area contributed by atoms with Crippen molar-refractivity contribution < 1.29 is 4.42 Å². The minimum absolute atomic E-state index is 0. The minimum atomic E-state index is 0. The molecule has 1 aromatic rings. The summed E-state index contributed by atoms with van der Waals surface area (Å²) in [6, 6.07) is 3.88. The highest BCUT2D eigenvalue weighted by atomic mass is 127. The summed E-state index contributed by atoms with van der Waals surface area (Å²) in [5.41, 5.74) is 0. The van der Waals surface area contributed by atoms with Gasteiger partial charge in [-0.05, 0) is 43.7 Å². The first-order valence-electron chi connectivity index (χ1n) is 7.74. The summed E-state index contributed by atoms with van der Waals surface area (Å²) in [6.07, 6.45) is 4.30. The molecule has 1 aliphatic rings. The Morgan fingerprint density at radius 3 is 2.95 bits per heavy atom. The van der Waals surface area contributed by atoms with Crippen molar-refractivity contribution in [2.75, 3.05) is 19.6 Å². The van der Waals surface area contributed by atoms with Gasteiger partial charge in [-0.15, -0.1) is 24.0 Å². The summed E-state index contributed by atoms with van der Waals surface area (Å²) >= 11 is 0. The smallest absolute Gasteiger partial charge is 0.194 e. The first-order chi connectivity index (χ1) is 9.69. The molecule has 1 aliphatic heterocycles. The van der Waals surface area contributed by atoms with E-state index in [9.17, 15) is 0 Å². The lowest BCUT2D eigenvalue weighted by atomic mass is 9.97. The molecule has 1 aromatic heterocycles. The van der Waals surface area contributed by atoms with Crippen LogP contribution in [0.4, 0.5) is 0 Å². The Hall–Kier alpha value is -0.720. The lowest BCUT2D eigenvalue weighted by molar-refractivity contribution is 0.403. The van der Waals surface area contributed by atoms with Crippen LogP contribution in [0.5, 0.6) is 0 Å². The molecule has 4 nitrogen and oxygen atoms in total. The molecule has 0 aliphatic carbocycles. The van der Waals surface area contributed by atoms with E-state index in [4.69, 9.17) is 4.42 Å². The van der Waals surface area contributed by atoms with Gasteiger partial charge in [-0.25, -0.2) is 4.99 Å². The van der Waals surface area contributed by atoms with E-state index >= 15 is 0 Å². The Balaban J connectivity index is 0.00000220. The van der Waals surface area contributed by atoms with Crippen molar-refractivity contribution in [3.05, 3.63) is 24.2 Å². The van der Waals surface area contributed by atoms with Gasteiger partial charge in [-0.2, -0.15) is 0 Å². The van der Waals surface area contributed by atoms with Gasteiger partial charge in [0.15, 0.2) is 5.96 Å². The number of guanidine groups is 1. The van der Waals surface area contributed by atoms with Crippen LogP contribution in [0, 0.1) is 11.8 Å². The molecule has 2 heterocycles.